The van der Waals surface area contributed by atoms with Crippen LogP contribution >= 0.6 is 0 Å². The van der Waals surface area contributed by atoms with Gasteiger partial charge in [-0.3, -0.25) is 0 Å². The molecule has 0 radical (unpaired) electrons. The highest BCUT2D eigenvalue weighted by atomic mass is 19.1. The molecule has 0 aromatic carbocycles. The summed E-state index contributed by atoms with van der Waals surface area (Å²) in [6, 6.07) is 1.92. The number of hydrogen-bond donors (Lipinski definition) is 1. The molecule has 1 N–H and O–H groups in total. The van der Waals surface area contributed by atoms with Gasteiger partial charge in [0.2, 0.25) is 0 Å². The molecule has 0 aliphatic carbocycles. The molecule has 3 heteroatoms. The van der Waals surface area contributed by atoms with Gasteiger partial charge < -0.3 is 5.32 Å². The molecule has 0 amide bonds. The van der Waals surface area contributed by atoms with Crippen LogP contribution in [-0.2, 0) is 0 Å². The SMILES string of the molecule is N#CC1CNCCC1F. The van der Waals surface area contributed by atoms with Crippen molar-refractivity contribution in [2.45, 2.75) is 12.6 Å². The van der Waals surface area contributed by atoms with E-state index in [1.165, 1.54) is 0 Å². The first-order valence-electron chi connectivity index (χ1n) is 3.09. The third-order valence-electron chi connectivity index (χ3n) is 1.56. The summed E-state index contributed by atoms with van der Waals surface area (Å²) in [5.74, 6) is -0.418. The number of piperidine rings is 1. The van der Waals surface area contributed by atoms with E-state index in [2.05, 4.69) is 5.32 Å². The summed E-state index contributed by atoms with van der Waals surface area (Å²) in [7, 11) is 0. The number of nitrogens with one attached hydrogen (secondary N) is 1. The number of hydrogen-bond acceptors (Lipinski definition) is 2. The van der Waals surface area contributed by atoms with Crippen molar-refractivity contribution in [3.8, 4) is 6.07 Å². The molecule has 0 bridgehead atoms. The van der Waals surface area contributed by atoms with Crippen LogP contribution in [0.5, 0.6) is 0 Å². The van der Waals surface area contributed by atoms with Gasteiger partial charge in [-0.25, -0.2) is 4.39 Å². The maximum Gasteiger partial charge on any atom is 0.118 e. The van der Waals surface area contributed by atoms with Crippen LogP contribution in [0.1, 0.15) is 6.42 Å². The Hall–Kier alpha value is -0.620. The zero-order valence-electron chi connectivity index (χ0n) is 5.10. The van der Waals surface area contributed by atoms with Crippen LogP contribution in [0.25, 0.3) is 0 Å². The van der Waals surface area contributed by atoms with Crippen LogP contribution in [0.3, 0.4) is 0 Å². The smallest absolute Gasteiger partial charge is 0.118 e. The van der Waals surface area contributed by atoms with Crippen molar-refractivity contribution in [1.29, 1.82) is 5.26 Å². The first kappa shape index (κ1) is 6.50. The quantitative estimate of drug-likeness (QED) is 0.514. The summed E-state index contributed by atoms with van der Waals surface area (Å²) in [6.45, 7) is 1.22. The molecule has 2 nitrogen and oxygen atoms in total. The van der Waals surface area contributed by atoms with E-state index in [1.54, 1.807) is 0 Å². The molecule has 0 aromatic heterocycles. The molecular formula is C6H9FN2. The Morgan fingerprint density at radius 2 is 2.44 bits per heavy atom. The summed E-state index contributed by atoms with van der Waals surface area (Å²) in [5.41, 5.74) is 0. The second-order valence-corrected chi connectivity index (χ2v) is 2.24. The van der Waals surface area contributed by atoms with Crippen molar-refractivity contribution in [2.24, 2.45) is 5.92 Å². The lowest BCUT2D eigenvalue weighted by molar-refractivity contribution is 0.216. The summed E-state index contributed by atoms with van der Waals surface area (Å²) in [6.07, 6.45) is -0.422. The van der Waals surface area contributed by atoms with Crippen molar-refractivity contribution in [1.82, 2.24) is 5.32 Å². The summed E-state index contributed by atoms with van der Waals surface area (Å²) in [4.78, 5) is 0. The molecule has 2 atom stereocenters. The first-order valence-corrected chi connectivity index (χ1v) is 3.09. The number of alkyl halides is 1. The van der Waals surface area contributed by atoms with Crippen LogP contribution in [0.15, 0.2) is 0 Å². The fourth-order valence-electron chi connectivity index (χ4n) is 0.953. The van der Waals surface area contributed by atoms with E-state index in [0.29, 0.717) is 19.5 Å². The van der Waals surface area contributed by atoms with Crippen LogP contribution in [0, 0.1) is 17.2 Å². The van der Waals surface area contributed by atoms with Crippen molar-refractivity contribution in [3.05, 3.63) is 0 Å². The maximum absolute atomic E-state index is 12.6. The molecular weight excluding hydrogens is 119 g/mol. The highest BCUT2D eigenvalue weighted by Gasteiger charge is 2.23. The molecule has 1 fully saturated rings. The van der Waals surface area contributed by atoms with E-state index >= 15 is 0 Å². The molecule has 0 spiro atoms. The van der Waals surface area contributed by atoms with E-state index in [4.69, 9.17) is 5.26 Å². The molecule has 2 unspecified atom stereocenters. The lowest BCUT2D eigenvalue weighted by Gasteiger charge is -2.20. The van der Waals surface area contributed by atoms with Gasteiger partial charge in [-0.05, 0) is 13.0 Å². The van der Waals surface area contributed by atoms with Gasteiger partial charge in [0, 0.05) is 6.54 Å². The van der Waals surface area contributed by atoms with Crippen molar-refractivity contribution in [2.75, 3.05) is 13.1 Å². The molecule has 1 aliphatic heterocycles. The molecule has 0 saturated carbocycles. The predicted molar refractivity (Wildman–Crippen MR) is 31.5 cm³/mol. The molecule has 50 valence electrons. The second-order valence-electron chi connectivity index (χ2n) is 2.24. The fraction of sp³-hybridized carbons (Fsp3) is 0.833. The van der Waals surface area contributed by atoms with Gasteiger partial charge in [0.15, 0.2) is 0 Å². The summed E-state index contributed by atoms with van der Waals surface area (Å²) < 4.78 is 12.6. The molecule has 1 rings (SSSR count). The molecule has 1 aliphatic rings. The Morgan fingerprint density at radius 3 is 2.89 bits per heavy atom. The predicted octanol–water partition coefficient (Wildman–Crippen LogP) is 0.458. The Bertz CT molecular complexity index is 130. The second kappa shape index (κ2) is 2.79. The number of halogens is 1. The standard InChI is InChI=1S/C6H9FN2/c7-6-1-2-9-4-5(6)3-8/h5-6,9H,1-2,4H2. The minimum absolute atomic E-state index is 0.418. The molecule has 9 heavy (non-hydrogen) atoms. The zero-order chi connectivity index (χ0) is 6.69. The van der Waals surface area contributed by atoms with E-state index in [1.807, 2.05) is 6.07 Å². The lowest BCUT2D eigenvalue weighted by Crippen LogP contribution is -2.36. The van der Waals surface area contributed by atoms with Crippen LogP contribution in [0.4, 0.5) is 4.39 Å². The Balaban J connectivity index is 2.41. The minimum Gasteiger partial charge on any atom is -0.315 e. The fourth-order valence-corrected chi connectivity index (χ4v) is 0.953. The van der Waals surface area contributed by atoms with Gasteiger partial charge in [-0.1, -0.05) is 0 Å². The number of rotatable bonds is 0. The molecule has 0 aromatic rings. The van der Waals surface area contributed by atoms with Gasteiger partial charge >= 0.3 is 0 Å². The highest BCUT2D eigenvalue weighted by Crippen LogP contribution is 2.13. The van der Waals surface area contributed by atoms with E-state index < -0.39 is 12.1 Å². The zero-order valence-corrected chi connectivity index (χ0v) is 5.10. The summed E-state index contributed by atoms with van der Waals surface area (Å²) >= 11 is 0. The minimum atomic E-state index is -0.906. The van der Waals surface area contributed by atoms with E-state index in [-0.39, 0.29) is 0 Å². The van der Waals surface area contributed by atoms with E-state index in [0.717, 1.165) is 0 Å². The third kappa shape index (κ3) is 1.39. The van der Waals surface area contributed by atoms with Crippen LogP contribution in [-0.4, -0.2) is 19.3 Å². The van der Waals surface area contributed by atoms with Crippen LogP contribution < -0.4 is 5.32 Å². The van der Waals surface area contributed by atoms with Gasteiger partial charge in [-0.2, -0.15) is 5.26 Å². The normalized spacial score (nSPS) is 35.6. The van der Waals surface area contributed by atoms with Gasteiger partial charge in [0.1, 0.15) is 6.17 Å². The Morgan fingerprint density at radius 1 is 1.67 bits per heavy atom. The third-order valence-corrected chi connectivity index (χ3v) is 1.56. The van der Waals surface area contributed by atoms with Crippen molar-refractivity contribution >= 4 is 0 Å². The number of nitriles is 1. The van der Waals surface area contributed by atoms with Crippen molar-refractivity contribution in [3.63, 3.8) is 0 Å². The monoisotopic (exact) mass is 128 g/mol. The van der Waals surface area contributed by atoms with Gasteiger partial charge in [0.05, 0.1) is 12.0 Å². The number of nitrogens with zero attached hydrogens (tertiary/aromatic N) is 1. The van der Waals surface area contributed by atoms with Crippen LogP contribution in [0.2, 0.25) is 0 Å². The Kier molecular flexibility index (Phi) is 2.01. The molecule has 1 saturated heterocycles. The largest absolute Gasteiger partial charge is 0.315 e. The first-order chi connectivity index (χ1) is 4.34. The summed E-state index contributed by atoms with van der Waals surface area (Å²) in [5, 5.41) is 11.3. The molecule has 1 heterocycles. The van der Waals surface area contributed by atoms with Gasteiger partial charge in [-0.15, -0.1) is 0 Å². The highest BCUT2D eigenvalue weighted by molar-refractivity contribution is 4.92. The Labute approximate surface area is 53.7 Å². The average Bonchev–Trinajstić information content (AvgIpc) is 1.89. The van der Waals surface area contributed by atoms with Crippen molar-refractivity contribution < 1.29 is 4.39 Å². The van der Waals surface area contributed by atoms with E-state index in [9.17, 15) is 4.39 Å². The maximum atomic E-state index is 12.6. The van der Waals surface area contributed by atoms with Gasteiger partial charge in [0.25, 0.3) is 0 Å². The topological polar surface area (TPSA) is 35.8 Å². The average molecular weight is 128 g/mol. The lowest BCUT2D eigenvalue weighted by atomic mass is 9.99.